The summed E-state index contributed by atoms with van der Waals surface area (Å²) in [5.74, 6) is 0.617. The summed E-state index contributed by atoms with van der Waals surface area (Å²) < 4.78 is 29.1. The lowest BCUT2D eigenvalue weighted by atomic mass is 10.1. The van der Waals surface area contributed by atoms with Crippen LogP contribution < -0.4 is 10.1 Å². The molecule has 0 unspecified atom stereocenters. The summed E-state index contributed by atoms with van der Waals surface area (Å²) in [6, 6.07) is 5.64. The Morgan fingerprint density at radius 1 is 1.29 bits per heavy atom. The van der Waals surface area contributed by atoms with Gasteiger partial charge in [-0.2, -0.15) is 8.78 Å². The lowest BCUT2D eigenvalue weighted by molar-refractivity contribution is -0.0498. The van der Waals surface area contributed by atoms with Crippen molar-refractivity contribution >= 4 is 34.0 Å². The third kappa shape index (κ3) is 6.04. The van der Waals surface area contributed by atoms with Gasteiger partial charge in [-0.15, -0.1) is 10.2 Å². The fourth-order valence-corrected chi connectivity index (χ4v) is 3.32. The maximum Gasteiger partial charge on any atom is 0.387 e. The minimum absolute atomic E-state index is 0.0270. The molecule has 0 spiro atoms. The molecule has 0 aliphatic heterocycles. The van der Waals surface area contributed by atoms with Crippen LogP contribution in [0.5, 0.6) is 5.75 Å². The van der Waals surface area contributed by atoms with Crippen molar-refractivity contribution in [3.8, 4) is 5.75 Å². The molecule has 0 bridgehead atoms. The fourth-order valence-electron chi connectivity index (χ4n) is 1.66. The summed E-state index contributed by atoms with van der Waals surface area (Å²) >= 11 is 2.69. The Bertz CT molecular complexity index is 663. The molecule has 0 aliphatic carbocycles. The first kappa shape index (κ1) is 18.6. The topological polar surface area (TPSA) is 64.1 Å². The lowest BCUT2D eigenvalue weighted by Crippen LogP contribution is -2.07. The zero-order chi connectivity index (χ0) is 17.5. The summed E-state index contributed by atoms with van der Waals surface area (Å²) in [6.45, 7) is 2.13. The second-order valence-electron chi connectivity index (χ2n) is 5.26. The van der Waals surface area contributed by atoms with Crippen molar-refractivity contribution < 1.29 is 18.3 Å². The number of benzene rings is 1. The molecule has 1 N–H and O–H groups in total. The molecule has 1 aromatic heterocycles. The van der Waals surface area contributed by atoms with Crippen LogP contribution in [-0.2, 0) is 0 Å². The van der Waals surface area contributed by atoms with Crippen LogP contribution in [-0.4, -0.2) is 34.9 Å². The van der Waals surface area contributed by atoms with E-state index in [1.807, 2.05) is 0 Å². The molecule has 9 heteroatoms. The van der Waals surface area contributed by atoms with Gasteiger partial charge < -0.3 is 10.1 Å². The SMILES string of the molecule is CC(C)CNc1nnc(SCC(=O)c2ccc(OC(F)F)cc2)s1. The van der Waals surface area contributed by atoms with Crippen LogP contribution >= 0.6 is 23.1 Å². The predicted molar refractivity (Wildman–Crippen MR) is 91.4 cm³/mol. The number of Topliss-reactive ketones (excluding diaryl/α,β-unsaturated/α-hetero) is 1. The van der Waals surface area contributed by atoms with Crippen LogP contribution in [0.15, 0.2) is 28.6 Å². The number of halogens is 2. The first-order valence-electron chi connectivity index (χ1n) is 7.22. The number of thioether (sulfide) groups is 1. The standard InChI is InChI=1S/C15H17F2N3O2S2/c1-9(2)7-18-14-19-20-15(24-14)23-8-12(21)10-3-5-11(6-4-10)22-13(16)17/h3-6,9,13H,7-8H2,1-2H3,(H,18,19). The van der Waals surface area contributed by atoms with E-state index >= 15 is 0 Å². The number of carbonyl (C=O) groups excluding carboxylic acids is 1. The Morgan fingerprint density at radius 2 is 2.00 bits per heavy atom. The maximum absolute atomic E-state index is 12.1. The second-order valence-corrected chi connectivity index (χ2v) is 7.46. The second kappa shape index (κ2) is 8.93. The van der Waals surface area contributed by atoms with Crippen molar-refractivity contribution in [2.75, 3.05) is 17.6 Å². The molecule has 1 heterocycles. The summed E-state index contributed by atoms with van der Waals surface area (Å²) in [6.07, 6.45) is 0. The highest BCUT2D eigenvalue weighted by Crippen LogP contribution is 2.26. The molecule has 1 aromatic carbocycles. The minimum Gasteiger partial charge on any atom is -0.435 e. The van der Waals surface area contributed by atoms with Crippen LogP contribution in [0.2, 0.25) is 0 Å². The van der Waals surface area contributed by atoms with Gasteiger partial charge in [0.2, 0.25) is 5.13 Å². The molecular formula is C15H17F2N3O2S2. The summed E-state index contributed by atoms with van der Waals surface area (Å²) in [7, 11) is 0. The van der Waals surface area contributed by atoms with Gasteiger partial charge >= 0.3 is 6.61 Å². The molecule has 0 saturated carbocycles. The molecule has 0 aliphatic rings. The minimum atomic E-state index is -2.88. The van der Waals surface area contributed by atoms with Crippen molar-refractivity contribution in [1.82, 2.24) is 10.2 Å². The summed E-state index contributed by atoms with van der Waals surface area (Å²) in [5, 5.41) is 11.9. The van der Waals surface area contributed by atoms with Gasteiger partial charge in [0.05, 0.1) is 5.75 Å². The Balaban J connectivity index is 1.84. The van der Waals surface area contributed by atoms with Gasteiger partial charge in [-0.25, -0.2) is 0 Å². The largest absolute Gasteiger partial charge is 0.435 e. The molecule has 0 fully saturated rings. The Kier molecular flexibility index (Phi) is 6.92. The molecule has 0 amide bonds. The Hall–Kier alpha value is -1.74. The number of nitrogens with one attached hydrogen (secondary N) is 1. The van der Waals surface area contributed by atoms with E-state index in [0.717, 1.165) is 11.7 Å². The van der Waals surface area contributed by atoms with Gasteiger partial charge in [0.15, 0.2) is 10.1 Å². The molecule has 0 radical (unpaired) electrons. The predicted octanol–water partition coefficient (Wildman–Crippen LogP) is 4.18. The zero-order valence-corrected chi connectivity index (χ0v) is 14.8. The summed E-state index contributed by atoms with van der Waals surface area (Å²) in [4.78, 5) is 12.1. The van der Waals surface area contributed by atoms with Crippen molar-refractivity contribution in [3.05, 3.63) is 29.8 Å². The normalized spacial score (nSPS) is 11.1. The average Bonchev–Trinajstić information content (AvgIpc) is 2.99. The van der Waals surface area contributed by atoms with E-state index in [1.165, 1.54) is 47.4 Å². The number of alkyl halides is 2. The number of hydrogen-bond donors (Lipinski definition) is 1. The number of ether oxygens (including phenoxy) is 1. The smallest absolute Gasteiger partial charge is 0.387 e. The van der Waals surface area contributed by atoms with Gasteiger partial charge in [0, 0.05) is 12.1 Å². The van der Waals surface area contributed by atoms with Gasteiger partial charge in [-0.05, 0) is 30.2 Å². The number of nitrogens with zero attached hydrogens (tertiary/aromatic N) is 2. The van der Waals surface area contributed by atoms with Gasteiger partial charge in [0.25, 0.3) is 0 Å². The van der Waals surface area contributed by atoms with Gasteiger partial charge in [0.1, 0.15) is 5.75 Å². The highest BCUT2D eigenvalue weighted by atomic mass is 32.2. The van der Waals surface area contributed by atoms with Crippen LogP contribution in [0.3, 0.4) is 0 Å². The zero-order valence-electron chi connectivity index (χ0n) is 13.2. The van der Waals surface area contributed by atoms with Crippen molar-refractivity contribution in [2.45, 2.75) is 24.8 Å². The highest BCUT2D eigenvalue weighted by molar-refractivity contribution is 8.01. The molecule has 2 rings (SSSR count). The van der Waals surface area contributed by atoms with E-state index in [-0.39, 0.29) is 17.3 Å². The van der Waals surface area contributed by atoms with Crippen LogP contribution in [0.1, 0.15) is 24.2 Å². The molecule has 0 saturated heterocycles. The number of ketones is 1. The molecule has 2 aromatic rings. The first-order valence-corrected chi connectivity index (χ1v) is 9.02. The third-order valence-electron chi connectivity index (χ3n) is 2.80. The molecule has 5 nitrogen and oxygen atoms in total. The Labute approximate surface area is 146 Å². The third-order valence-corrected chi connectivity index (χ3v) is 4.81. The maximum atomic E-state index is 12.1. The number of anilines is 1. The van der Waals surface area contributed by atoms with Gasteiger partial charge in [-0.3, -0.25) is 4.79 Å². The molecular weight excluding hydrogens is 356 g/mol. The van der Waals surface area contributed by atoms with E-state index in [4.69, 9.17) is 0 Å². The van der Waals surface area contributed by atoms with E-state index in [2.05, 4.69) is 34.1 Å². The van der Waals surface area contributed by atoms with Crippen LogP contribution in [0, 0.1) is 5.92 Å². The van der Waals surface area contributed by atoms with Gasteiger partial charge in [-0.1, -0.05) is 36.9 Å². The van der Waals surface area contributed by atoms with Crippen molar-refractivity contribution in [2.24, 2.45) is 5.92 Å². The van der Waals surface area contributed by atoms with Crippen LogP contribution in [0.25, 0.3) is 0 Å². The fraction of sp³-hybridized carbons (Fsp3) is 0.400. The monoisotopic (exact) mass is 373 g/mol. The van der Waals surface area contributed by atoms with E-state index in [9.17, 15) is 13.6 Å². The quantitative estimate of drug-likeness (QED) is 0.525. The van der Waals surface area contributed by atoms with E-state index < -0.39 is 6.61 Å². The molecule has 24 heavy (non-hydrogen) atoms. The van der Waals surface area contributed by atoms with Crippen molar-refractivity contribution in [3.63, 3.8) is 0 Å². The number of hydrogen-bond acceptors (Lipinski definition) is 7. The van der Waals surface area contributed by atoms with E-state index in [1.54, 1.807) is 0 Å². The average molecular weight is 373 g/mol. The van der Waals surface area contributed by atoms with E-state index in [0.29, 0.717) is 15.8 Å². The number of rotatable bonds is 9. The first-order chi connectivity index (χ1) is 11.4. The number of aromatic nitrogens is 2. The Morgan fingerprint density at radius 3 is 2.62 bits per heavy atom. The molecule has 130 valence electrons. The van der Waals surface area contributed by atoms with Crippen molar-refractivity contribution in [1.29, 1.82) is 0 Å². The summed E-state index contributed by atoms with van der Waals surface area (Å²) in [5.41, 5.74) is 0.437. The van der Waals surface area contributed by atoms with Crippen LogP contribution in [0.4, 0.5) is 13.9 Å². The lowest BCUT2D eigenvalue weighted by Gasteiger charge is -2.05. The highest BCUT2D eigenvalue weighted by Gasteiger charge is 2.11. The molecule has 0 atom stereocenters. The number of carbonyl (C=O) groups is 1.